The summed E-state index contributed by atoms with van der Waals surface area (Å²) < 4.78 is 2.86. The number of hydrogen-bond acceptors (Lipinski definition) is 5. The van der Waals surface area contributed by atoms with E-state index in [0.29, 0.717) is 5.69 Å². The molecule has 1 unspecified atom stereocenters. The van der Waals surface area contributed by atoms with Crippen LogP contribution >= 0.6 is 11.3 Å². The Morgan fingerprint density at radius 2 is 2.28 bits per heavy atom. The second-order valence-electron chi connectivity index (χ2n) is 6.52. The van der Waals surface area contributed by atoms with Crippen molar-refractivity contribution in [2.45, 2.75) is 25.8 Å². The van der Waals surface area contributed by atoms with Gasteiger partial charge in [0.05, 0.1) is 21.6 Å². The van der Waals surface area contributed by atoms with Crippen molar-refractivity contribution in [1.82, 2.24) is 20.1 Å². The number of carbonyl (C=O) groups is 1. The van der Waals surface area contributed by atoms with E-state index in [-0.39, 0.29) is 11.9 Å². The summed E-state index contributed by atoms with van der Waals surface area (Å²) in [6.07, 6.45) is 3.92. The van der Waals surface area contributed by atoms with Crippen LogP contribution in [0.2, 0.25) is 0 Å². The summed E-state index contributed by atoms with van der Waals surface area (Å²) in [5.74, 6) is -0.0500. The van der Waals surface area contributed by atoms with Crippen LogP contribution in [0, 0.1) is 6.92 Å². The van der Waals surface area contributed by atoms with E-state index in [9.17, 15) is 4.79 Å². The highest BCUT2D eigenvalue weighted by Gasteiger charge is 2.24. The van der Waals surface area contributed by atoms with Crippen molar-refractivity contribution in [2.24, 2.45) is 7.05 Å². The first-order chi connectivity index (χ1) is 12.1. The first-order valence-corrected chi connectivity index (χ1v) is 9.38. The van der Waals surface area contributed by atoms with Gasteiger partial charge in [0.1, 0.15) is 5.69 Å². The molecule has 0 spiro atoms. The molecule has 1 saturated heterocycles. The molecule has 0 saturated carbocycles. The summed E-state index contributed by atoms with van der Waals surface area (Å²) in [4.78, 5) is 19.3. The molecule has 0 aliphatic carbocycles. The minimum Gasteiger partial charge on any atom is -0.368 e. The molecule has 1 aliphatic heterocycles. The van der Waals surface area contributed by atoms with Gasteiger partial charge in [-0.1, -0.05) is 0 Å². The molecule has 25 heavy (non-hydrogen) atoms. The summed E-state index contributed by atoms with van der Waals surface area (Å²) in [7, 11) is 1.81. The fraction of sp³-hybridized carbons (Fsp3) is 0.389. The third-order valence-corrected chi connectivity index (χ3v) is 5.58. The largest absolute Gasteiger partial charge is 0.368 e. The Morgan fingerprint density at radius 1 is 1.40 bits per heavy atom. The van der Waals surface area contributed by atoms with E-state index < -0.39 is 0 Å². The number of fused-ring (bicyclic) bond motifs is 1. The van der Waals surface area contributed by atoms with Crippen LogP contribution < -0.4 is 10.2 Å². The second kappa shape index (κ2) is 6.48. The first kappa shape index (κ1) is 16.1. The normalized spacial score (nSPS) is 17.8. The maximum atomic E-state index is 12.6. The van der Waals surface area contributed by atoms with Crippen LogP contribution in [0.25, 0.3) is 10.2 Å². The van der Waals surface area contributed by atoms with Gasteiger partial charge < -0.3 is 10.2 Å². The van der Waals surface area contributed by atoms with Crippen LogP contribution in [-0.4, -0.2) is 39.8 Å². The Morgan fingerprint density at radius 3 is 3.08 bits per heavy atom. The summed E-state index contributed by atoms with van der Waals surface area (Å²) in [6, 6.07) is 6.10. The molecule has 130 valence electrons. The Balaban J connectivity index is 1.50. The van der Waals surface area contributed by atoms with Crippen molar-refractivity contribution in [3.05, 3.63) is 41.2 Å². The average molecular weight is 355 g/mol. The van der Waals surface area contributed by atoms with Crippen LogP contribution in [0.3, 0.4) is 0 Å². The van der Waals surface area contributed by atoms with Crippen LogP contribution in [0.5, 0.6) is 0 Å². The monoisotopic (exact) mass is 355 g/mol. The molecular formula is C18H21N5OS. The number of amides is 1. The molecule has 0 radical (unpaired) electrons. The van der Waals surface area contributed by atoms with Gasteiger partial charge in [-0.3, -0.25) is 14.5 Å². The van der Waals surface area contributed by atoms with E-state index in [2.05, 4.69) is 37.8 Å². The number of anilines is 1. The Labute approximate surface area is 150 Å². The molecule has 4 rings (SSSR count). The zero-order chi connectivity index (χ0) is 17.4. The molecule has 3 aromatic heterocycles. The van der Waals surface area contributed by atoms with Crippen LogP contribution in [0.15, 0.2) is 29.8 Å². The highest BCUT2D eigenvalue weighted by atomic mass is 32.1. The zero-order valence-electron chi connectivity index (χ0n) is 14.4. The second-order valence-corrected chi connectivity index (χ2v) is 7.43. The highest BCUT2D eigenvalue weighted by molar-refractivity contribution is 7.17. The number of aryl methyl sites for hydroxylation is 2. The maximum absolute atomic E-state index is 12.6. The van der Waals surface area contributed by atoms with Crippen molar-refractivity contribution in [2.75, 3.05) is 18.0 Å². The number of thiophene rings is 1. The number of pyridine rings is 1. The number of hydrogen-bond donors (Lipinski definition) is 1. The fourth-order valence-corrected chi connectivity index (χ4v) is 4.40. The van der Waals surface area contributed by atoms with E-state index in [1.807, 2.05) is 19.2 Å². The molecule has 1 fully saturated rings. The van der Waals surface area contributed by atoms with Gasteiger partial charge in [0.25, 0.3) is 5.91 Å². The number of piperidine rings is 1. The molecule has 6 nitrogen and oxygen atoms in total. The number of aromatic nitrogens is 3. The average Bonchev–Trinajstić information content (AvgIpc) is 3.20. The van der Waals surface area contributed by atoms with Crippen molar-refractivity contribution in [3.63, 3.8) is 0 Å². The first-order valence-electron chi connectivity index (χ1n) is 8.50. The van der Waals surface area contributed by atoms with E-state index in [0.717, 1.165) is 37.1 Å². The summed E-state index contributed by atoms with van der Waals surface area (Å²) in [5.41, 5.74) is 3.73. The molecule has 1 atom stereocenters. The van der Waals surface area contributed by atoms with Crippen LogP contribution in [0.1, 0.15) is 29.0 Å². The summed E-state index contributed by atoms with van der Waals surface area (Å²) in [5, 5.41) is 9.51. The van der Waals surface area contributed by atoms with Gasteiger partial charge in [0.15, 0.2) is 0 Å². The van der Waals surface area contributed by atoms with Crippen molar-refractivity contribution >= 4 is 33.1 Å². The van der Waals surface area contributed by atoms with Gasteiger partial charge in [-0.25, -0.2) is 0 Å². The molecular weight excluding hydrogens is 334 g/mol. The van der Waals surface area contributed by atoms with Crippen molar-refractivity contribution in [1.29, 1.82) is 0 Å². The summed E-state index contributed by atoms with van der Waals surface area (Å²) >= 11 is 1.72. The lowest BCUT2D eigenvalue weighted by Crippen LogP contribution is -2.48. The minimum atomic E-state index is -0.0500. The molecule has 1 aliphatic rings. The van der Waals surface area contributed by atoms with E-state index >= 15 is 0 Å². The highest BCUT2D eigenvalue weighted by Crippen LogP contribution is 2.31. The number of nitrogens with zero attached hydrogens (tertiary/aromatic N) is 4. The smallest absolute Gasteiger partial charge is 0.269 e. The van der Waals surface area contributed by atoms with Gasteiger partial charge in [0, 0.05) is 32.4 Å². The fourth-order valence-electron chi connectivity index (χ4n) is 3.50. The predicted molar refractivity (Wildman–Crippen MR) is 100 cm³/mol. The lowest BCUT2D eigenvalue weighted by Gasteiger charge is -2.35. The van der Waals surface area contributed by atoms with E-state index in [1.54, 1.807) is 23.1 Å². The predicted octanol–water partition coefficient (Wildman–Crippen LogP) is 2.74. The molecule has 7 heteroatoms. The quantitative estimate of drug-likeness (QED) is 0.785. The molecule has 1 amide bonds. The van der Waals surface area contributed by atoms with Crippen LogP contribution in [-0.2, 0) is 7.05 Å². The third-order valence-electron chi connectivity index (χ3n) is 4.66. The molecule has 4 heterocycles. The van der Waals surface area contributed by atoms with Crippen molar-refractivity contribution < 1.29 is 4.79 Å². The third kappa shape index (κ3) is 3.11. The van der Waals surface area contributed by atoms with E-state index in [1.165, 1.54) is 10.4 Å². The van der Waals surface area contributed by atoms with Crippen molar-refractivity contribution in [3.8, 4) is 0 Å². The SMILES string of the molecule is Cc1cc(C(=O)NC2CCCN(c3ccnc4ccsc34)C2)n(C)n1. The maximum Gasteiger partial charge on any atom is 0.269 e. The Kier molecular flexibility index (Phi) is 4.17. The molecule has 1 N–H and O–H groups in total. The number of rotatable bonds is 3. The summed E-state index contributed by atoms with van der Waals surface area (Å²) in [6.45, 7) is 3.72. The lowest BCUT2D eigenvalue weighted by molar-refractivity contribution is 0.0923. The van der Waals surface area contributed by atoms with Gasteiger partial charge in [-0.15, -0.1) is 11.3 Å². The zero-order valence-corrected chi connectivity index (χ0v) is 15.2. The standard InChI is InChI=1S/C18H21N5OS/c1-12-10-16(22(2)21-12)18(24)20-13-4-3-8-23(11-13)15-5-7-19-14-6-9-25-17(14)15/h5-7,9-10,13H,3-4,8,11H2,1-2H3,(H,20,24). The Hall–Kier alpha value is -2.41. The van der Waals surface area contributed by atoms with Gasteiger partial charge in [0.2, 0.25) is 0 Å². The van der Waals surface area contributed by atoms with E-state index in [4.69, 9.17) is 0 Å². The Bertz CT molecular complexity index is 915. The van der Waals surface area contributed by atoms with Crippen LogP contribution in [0.4, 0.5) is 5.69 Å². The minimum absolute atomic E-state index is 0.0500. The topological polar surface area (TPSA) is 63.1 Å². The number of nitrogens with one attached hydrogen (secondary N) is 1. The van der Waals surface area contributed by atoms with Gasteiger partial charge >= 0.3 is 0 Å². The van der Waals surface area contributed by atoms with Gasteiger partial charge in [-0.05, 0) is 43.3 Å². The molecule has 3 aromatic rings. The number of carbonyl (C=O) groups excluding carboxylic acids is 1. The lowest BCUT2D eigenvalue weighted by atomic mass is 10.0. The molecule has 0 bridgehead atoms. The molecule has 0 aromatic carbocycles. The van der Waals surface area contributed by atoms with Gasteiger partial charge in [-0.2, -0.15) is 5.10 Å².